The molecule has 0 saturated carbocycles. The first kappa shape index (κ1) is 15.3. The number of hydrogen-bond donors (Lipinski definition) is 1. The van der Waals surface area contributed by atoms with E-state index in [9.17, 15) is 0 Å². The molecule has 1 N–H and O–H groups in total. The van der Waals surface area contributed by atoms with Gasteiger partial charge >= 0.3 is 0 Å². The number of benzene rings is 1. The zero-order valence-electron chi connectivity index (χ0n) is 11.4. The van der Waals surface area contributed by atoms with Gasteiger partial charge in [-0.05, 0) is 45.0 Å². The van der Waals surface area contributed by atoms with Gasteiger partial charge in [-0.1, -0.05) is 35.0 Å². The number of rotatable bonds is 7. The lowest BCUT2D eigenvalue weighted by molar-refractivity contribution is 0.353. The smallest absolute Gasteiger partial charge is 0.124 e. The minimum atomic E-state index is 0.294. The monoisotopic (exact) mass is 311 g/mol. The third-order valence-corrected chi connectivity index (χ3v) is 3.20. The van der Waals surface area contributed by atoms with E-state index >= 15 is 0 Å². The van der Waals surface area contributed by atoms with Gasteiger partial charge in [-0.3, -0.25) is 0 Å². The van der Waals surface area contributed by atoms with Crippen molar-refractivity contribution in [1.29, 1.82) is 0 Å². The van der Waals surface area contributed by atoms with Crippen LogP contribution in [-0.2, 0) is 0 Å². The van der Waals surface area contributed by atoms with Gasteiger partial charge in [0.05, 0.1) is 0 Å². The lowest BCUT2D eigenvalue weighted by atomic mass is 10.1. The second-order valence-corrected chi connectivity index (χ2v) is 5.15. The summed E-state index contributed by atoms with van der Waals surface area (Å²) in [6.45, 7) is 7.97. The van der Waals surface area contributed by atoms with Gasteiger partial charge in [0.1, 0.15) is 12.4 Å². The normalized spacial score (nSPS) is 12.9. The number of hydrogen-bond acceptors (Lipinski definition) is 2. The van der Waals surface area contributed by atoms with Crippen LogP contribution in [0.25, 0.3) is 0 Å². The highest BCUT2D eigenvalue weighted by Crippen LogP contribution is 2.28. The van der Waals surface area contributed by atoms with Crippen molar-refractivity contribution in [2.75, 3.05) is 13.2 Å². The standard InChI is InChI=1S/C15H22BrNO/c1-4-6-10-18-15-8-7-13(16)11-14(15)12(3)17-9-5-2/h4,6-8,11-12,17H,5,9-10H2,1-3H3. The third-order valence-electron chi connectivity index (χ3n) is 2.71. The largest absolute Gasteiger partial charge is 0.489 e. The van der Waals surface area contributed by atoms with E-state index < -0.39 is 0 Å². The predicted molar refractivity (Wildman–Crippen MR) is 81.2 cm³/mol. The Hall–Kier alpha value is -0.800. The summed E-state index contributed by atoms with van der Waals surface area (Å²) in [4.78, 5) is 0. The molecule has 18 heavy (non-hydrogen) atoms. The van der Waals surface area contributed by atoms with E-state index in [0.29, 0.717) is 12.6 Å². The van der Waals surface area contributed by atoms with Gasteiger partial charge in [-0.25, -0.2) is 0 Å². The summed E-state index contributed by atoms with van der Waals surface area (Å²) in [7, 11) is 0. The quantitative estimate of drug-likeness (QED) is 0.750. The minimum Gasteiger partial charge on any atom is -0.489 e. The molecule has 0 fully saturated rings. The molecular weight excluding hydrogens is 290 g/mol. The maximum absolute atomic E-state index is 5.79. The zero-order chi connectivity index (χ0) is 13.4. The highest BCUT2D eigenvalue weighted by molar-refractivity contribution is 9.10. The Labute approximate surface area is 119 Å². The molecule has 1 atom stereocenters. The fourth-order valence-corrected chi connectivity index (χ4v) is 2.07. The van der Waals surface area contributed by atoms with Crippen LogP contribution in [-0.4, -0.2) is 13.2 Å². The van der Waals surface area contributed by atoms with Crippen LogP contribution in [0.15, 0.2) is 34.8 Å². The van der Waals surface area contributed by atoms with Crippen molar-refractivity contribution >= 4 is 15.9 Å². The highest BCUT2D eigenvalue weighted by Gasteiger charge is 2.11. The molecule has 0 amide bonds. The van der Waals surface area contributed by atoms with Crippen molar-refractivity contribution in [3.05, 3.63) is 40.4 Å². The van der Waals surface area contributed by atoms with Crippen LogP contribution in [0.2, 0.25) is 0 Å². The molecular formula is C15H22BrNO. The van der Waals surface area contributed by atoms with Crippen LogP contribution in [0, 0.1) is 0 Å². The Morgan fingerprint density at radius 2 is 2.22 bits per heavy atom. The molecule has 2 nitrogen and oxygen atoms in total. The molecule has 3 heteroatoms. The summed E-state index contributed by atoms with van der Waals surface area (Å²) in [5, 5.41) is 3.49. The minimum absolute atomic E-state index is 0.294. The lowest BCUT2D eigenvalue weighted by Gasteiger charge is -2.18. The summed E-state index contributed by atoms with van der Waals surface area (Å²) in [6.07, 6.45) is 5.14. The van der Waals surface area contributed by atoms with Crippen LogP contribution in [0.1, 0.15) is 38.8 Å². The van der Waals surface area contributed by atoms with Crippen molar-refractivity contribution in [3.8, 4) is 5.75 Å². The first-order valence-electron chi connectivity index (χ1n) is 6.45. The SMILES string of the molecule is CC=CCOc1ccc(Br)cc1C(C)NCCC. The summed E-state index contributed by atoms with van der Waals surface area (Å²) >= 11 is 3.52. The van der Waals surface area contributed by atoms with E-state index in [1.807, 2.05) is 31.2 Å². The number of allylic oxidation sites excluding steroid dienone is 1. The van der Waals surface area contributed by atoms with E-state index in [2.05, 4.69) is 41.2 Å². The van der Waals surface area contributed by atoms with Crippen LogP contribution in [0.3, 0.4) is 0 Å². The van der Waals surface area contributed by atoms with Gasteiger partial charge in [-0.15, -0.1) is 0 Å². The van der Waals surface area contributed by atoms with E-state index in [1.165, 1.54) is 5.56 Å². The Morgan fingerprint density at radius 1 is 1.44 bits per heavy atom. The molecule has 0 saturated heterocycles. The molecule has 1 rings (SSSR count). The topological polar surface area (TPSA) is 21.3 Å². The molecule has 1 aromatic rings. The predicted octanol–water partition coefficient (Wildman–Crippen LogP) is 4.46. The molecule has 0 heterocycles. The van der Waals surface area contributed by atoms with E-state index in [0.717, 1.165) is 23.2 Å². The van der Waals surface area contributed by atoms with Crippen molar-refractivity contribution in [2.24, 2.45) is 0 Å². The number of halogens is 1. The highest BCUT2D eigenvalue weighted by atomic mass is 79.9. The van der Waals surface area contributed by atoms with Crippen LogP contribution in [0.4, 0.5) is 0 Å². The fourth-order valence-electron chi connectivity index (χ4n) is 1.69. The van der Waals surface area contributed by atoms with Gasteiger partial charge in [0.15, 0.2) is 0 Å². The molecule has 0 aliphatic rings. The molecule has 1 aromatic carbocycles. The van der Waals surface area contributed by atoms with E-state index in [-0.39, 0.29) is 0 Å². The van der Waals surface area contributed by atoms with Gasteiger partial charge in [0, 0.05) is 16.1 Å². The molecule has 100 valence electrons. The maximum atomic E-state index is 5.79. The van der Waals surface area contributed by atoms with E-state index in [1.54, 1.807) is 0 Å². The van der Waals surface area contributed by atoms with Gasteiger partial charge in [0.2, 0.25) is 0 Å². The molecule has 0 bridgehead atoms. The summed E-state index contributed by atoms with van der Waals surface area (Å²) < 4.78 is 6.87. The Morgan fingerprint density at radius 3 is 2.89 bits per heavy atom. The summed E-state index contributed by atoms with van der Waals surface area (Å²) in [5.74, 6) is 0.951. The number of ether oxygens (including phenoxy) is 1. The van der Waals surface area contributed by atoms with Crippen LogP contribution in [0.5, 0.6) is 5.75 Å². The molecule has 0 aliphatic carbocycles. The van der Waals surface area contributed by atoms with Crippen molar-refractivity contribution in [2.45, 2.75) is 33.2 Å². The van der Waals surface area contributed by atoms with Crippen LogP contribution < -0.4 is 10.1 Å². The van der Waals surface area contributed by atoms with Crippen LogP contribution >= 0.6 is 15.9 Å². The average molecular weight is 312 g/mol. The first-order valence-corrected chi connectivity index (χ1v) is 7.25. The van der Waals surface area contributed by atoms with Gasteiger partial charge in [0.25, 0.3) is 0 Å². The lowest BCUT2D eigenvalue weighted by Crippen LogP contribution is -2.20. The van der Waals surface area contributed by atoms with Crippen molar-refractivity contribution < 1.29 is 4.74 Å². The Balaban J connectivity index is 2.81. The Kier molecular flexibility index (Phi) is 7.06. The van der Waals surface area contributed by atoms with E-state index in [4.69, 9.17) is 4.74 Å². The zero-order valence-corrected chi connectivity index (χ0v) is 13.0. The molecule has 0 radical (unpaired) electrons. The van der Waals surface area contributed by atoms with Gasteiger partial charge < -0.3 is 10.1 Å². The molecule has 0 aromatic heterocycles. The summed E-state index contributed by atoms with van der Waals surface area (Å²) in [5.41, 5.74) is 1.20. The molecule has 0 aliphatic heterocycles. The van der Waals surface area contributed by atoms with Crippen molar-refractivity contribution in [1.82, 2.24) is 5.32 Å². The third kappa shape index (κ3) is 4.83. The first-order chi connectivity index (χ1) is 8.69. The molecule has 0 spiro atoms. The number of nitrogens with one attached hydrogen (secondary N) is 1. The fraction of sp³-hybridized carbons (Fsp3) is 0.467. The summed E-state index contributed by atoms with van der Waals surface area (Å²) in [6, 6.07) is 6.45. The van der Waals surface area contributed by atoms with Crippen molar-refractivity contribution in [3.63, 3.8) is 0 Å². The molecule has 1 unspecified atom stereocenters. The van der Waals surface area contributed by atoms with Gasteiger partial charge in [-0.2, -0.15) is 0 Å². The second-order valence-electron chi connectivity index (χ2n) is 4.24. The second kappa shape index (κ2) is 8.33. The maximum Gasteiger partial charge on any atom is 0.124 e. The Bertz CT molecular complexity index is 390. The average Bonchev–Trinajstić information content (AvgIpc) is 2.38.